The molecule has 7 heteroatoms. The molecule has 28 heavy (non-hydrogen) atoms. The summed E-state index contributed by atoms with van der Waals surface area (Å²) in [5.74, 6) is 0.595. The Hall–Kier alpha value is -2.93. The summed E-state index contributed by atoms with van der Waals surface area (Å²) in [5, 5.41) is 10.0. The van der Waals surface area contributed by atoms with Crippen molar-refractivity contribution >= 4 is 23.8 Å². The Morgan fingerprint density at radius 1 is 1.18 bits per heavy atom. The molecule has 0 fully saturated rings. The Morgan fingerprint density at radius 3 is 2.61 bits per heavy atom. The summed E-state index contributed by atoms with van der Waals surface area (Å²) in [6, 6.07) is 18.2. The molecule has 3 aromatic rings. The summed E-state index contributed by atoms with van der Waals surface area (Å²) in [6.45, 7) is 3.65. The van der Waals surface area contributed by atoms with Gasteiger partial charge >= 0.3 is 0 Å². The third kappa shape index (κ3) is 5.07. The summed E-state index contributed by atoms with van der Waals surface area (Å²) < 4.78 is 2.17. The van der Waals surface area contributed by atoms with Crippen molar-refractivity contribution in [2.45, 2.75) is 19.9 Å². The number of hydrogen-bond donors (Lipinski definition) is 2. The van der Waals surface area contributed by atoms with Gasteiger partial charge in [0.15, 0.2) is 10.6 Å². The quantitative estimate of drug-likeness (QED) is 0.452. The number of benzene rings is 2. The molecule has 0 bridgehead atoms. The maximum absolute atomic E-state index is 12.4. The molecule has 1 heterocycles. The fraction of sp³-hybridized carbons (Fsp3) is 0.286. The number of amides is 1. The molecule has 0 radical (unpaired) electrons. The minimum Gasteiger partial charge on any atom is -0.375 e. The zero-order valence-corrected chi connectivity index (χ0v) is 17.0. The topological polar surface area (TPSA) is 66.0 Å². The lowest BCUT2D eigenvalue weighted by molar-refractivity contribution is -0.121. The number of carbonyl (C=O) groups excluding carboxylic acids is 1. The number of H-pyrrole nitrogens is 1. The highest BCUT2D eigenvalue weighted by molar-refractivity contribution is 7.71. The average Bonchev–Trinajstić information content (AvgIpc) is 3.06. The van der Waals surface area contributed by atoms with E-state index >= 15 is 0 Å². The summed E-state index contributed by atoms with van der Waals surface area (Å²) >= 11 is 5.30. The second-order valence-electron chi connectivity index (χ2n) is 6.77. The smallest absolute Gasteiger partial charge is 0.240 e. The van der Waals surface area contributed by atoms with E-state index < -0.39 is 0 Å². The number of carbonyl (C=O) groups is 1. The predicted molar refractivity (Wildman–Crippen MR) is 115 cm³/mol. The van der Waals surface area contributed by atoms with E-state index in [4.69, 9.17) is 12.2 Å². The zero-order chi connectivity index (χ0) is 19.9. The zero-order valence-electron chi connectivity index (χ0n) is 16.2. The van der Waals surface area contributed by atoms with E-state index in [0.717, 1.165) is 18.5 Å². The number of aromatic amines is 1. The van der Waals surface area contributed by atoms with Crippen LogP contribution in [0.4, 0.5) is 5.69 Å². The van der Waals surface area contributed by atoms with Crippen molar-refractivity contribution in [2.24, 2.45) is 0 Å². The minimum absolute atomic E-state index is 0.0757. The van der Waals surface area contributed by atoms with Gasteiger partial charge in [0.1, 0.15) is 6.54 Å². The molecule has 1 aromatic heterocycles. The number of aromatic nitrogens is 3. The summed E-state index contributed by atoms with van der Waals surface area (Å²) in [4.78, 5) is 14.6. The van der Waals surface area contributed by atoms with Crippen LogP contribution < -0.4 is 10.2 Å². The van der Waals surface area contributed by atoms with E-state index in [1.165, 1.54) is 11.3 Å². The van der Waals surface area contributed by atoms with Gasteiger partial charge in [-0.1, -0.05) is 48.0 Å². The number of anilines is 1. The molecule has 0 atom stereocenters. The Kier molecular flexibility index (Phi) is 6.60. The molecule has 3 rings (SSSR count). The molecule has 0 spiro atoms. The van der Waals surface area contributed by atoms with Crippen LogP contribution >= 0.6 is 12.2 Å². The number of hydrogen-bond acceptors (Lipinski definition) is 4. The molecule has 0 aliphatic carbocycles. The summed E-state index contributed by atoms with van der Waals surface area (Å²) in [5.41, 5.74) is 3.26. The maximum atomic E-state index is 12.4. The van der Waals surface area contributed by atoms with E-state index in [1.54, 1.807) is 4.57 Å². The Balaban J connectivity index is 1.52. The standard InChI is InChI=1S/C21H25N5OS/c1-16-9-11-17(12-10-16)20-23-24-21(28)26(20)15-19(27)22-13-6-14-25(2)18-7-4-3-5-8-18/h3-5,7-12H,6,13-15H2,1-2H3,(H,22,27)(H,24,28). The fourth-order valence-electron chi connectivity index (χ4n) is 2.94. The lowest BCUT2D eigenvalue weighted by Gasteiger charge is -2.19. The van der Waals surface area contributed by atoms with Crippen LogP contribution in [0.25, 0.3) is 11.4 Å². The SMILES string of the molecule is Cc1ccc(-c2n[nH]c(=S)n2CC(=O)NCCCN(C)c2ccccc2)cc1. The van der Waals surface area contributed by atoms with Crippen LogP contribution in [-0.4, -0.2) is 40.8 Å². The average molecular weight is 396 g/mol. The third-order valence-corrected chi connectivity index (χ3v) is 4.87. The van der Waals surface area contributed by atoms with Crippen LogP contribution in [-0.2, 0) is 11.3 Å². The second-order valence-corrected chi connectivity index (χ2v) is 7.15. The lowest BCUT2D eigenvalue weighted by atomic mass is 10.1. The van der Waals surface area contributed by atoms with Gasteiger partial charge in [0, 0.05) is 31.4 Å². The first-order valence-corrected chi connectivity index (χ1v) is 9.70. The van der Waals surface area contributed by atoms with Crippen LogP contribution in [0, 0.1) is 11.7 Å². The number of rotatable bonds is 8. The van der Waals surface area contributed by atoms with Crippen LogP contribution in [0.15, 0.2) is 54.6 Å². The van der Waals surface area contributed by atoms with Crippen molar-refractivity contribution in [3.05, 3.63) is 64.9 Å². The summed E-state index contributed by atoms with van der Waals surface area (Å²) in [7, 11) is 2.05. The Bertz CT molecular complexity index is 962. The number of nitrogens with zero attached hydrogens (tertiary/aromatic N) is 3. The molecule has 0 saturated heterocycles. The van der Waals surface area contributed by atoms with Crippen LogP contribution in [0.5, 0.6) is 0 Å². The molecular formula is C21H25N5OS. The normalized spacial score (nSPS) is 10.6. The fourth-order valence-corrected chi connectivity index (χ4v) is 3.14. The highest BCUT2D eigenvalue weighted by Crippen LogP contribution is 2.17. The van der Waals surface area contributed by atoms with Gasteiger partial charge in [-0.3, -0.25) is 14.5 Å². The lowest BCUT2D eigenvalue weighted by Crippen LogP contribution is -2.31. The monoisotopic (exact) mass is 395 g/mol. The van der Waals surface area contributed by atoms with E-state index in [9.17, 15) is 4.79 Å². The molecule has 6 nitrogen and oxygen atoms in total. The van der Waals surface area contributed by atoms with Gasteiger partial charge in [0.2, 0.25) is 5.91 Å². The van der Waals surface area contributed by atoms with E-state index in [0.29, 0.717) is 17.1 Å². The van der Waals surface area contributed by atoms with Gasteiger partial charge in [-0.2, -0.15) is 5.10 Å². The van der Waals surface area contributed by atoms with Crippen LogP contribution in [0.1, 0.15) is 12.0 Å². The largest absolute Gasteiger partial charge is 0.375 e. The van der Waals surface area contributed by atoms with Crippen LogP contribution in [0.2, 0.25) is 0 Å². The predicted octanol–water partition coefficient (Wildman–Crippen LogP) is 3.56. The summed E-state index contributed by atoms with van der Waals surface area (Å²) in [6.07, 6.45) is 0.860. The van der Waals surface area contributed by atoms with Gasteiger partial charge < -0.3 is 10.2 Å². The molecule has 1 amide bonds. The van der Waals surface area contributed by atoms with Crippen molar-refractivity contribution in [1.82, 2.24) is 20.1 Å². The number of para-hydroxylation sites is 1. The van der Waals surface area contributed by atoms with E-state index in [-0.39, 0.29) is 12.5 Å². The molecule has 0 unspecified atom stereocenters. The first-order chi connectivity index (χ1) is 13.5. The van der Waals surface area contributed by atoms with Crippen molar-refractivity contribution in [3.63, 3.8) is 0 Å². The third-order valence-electron chi connectivity index (χ3n) is 4.56. The highest BCUT2D eigenvalue weighted by atomic mass is 32.1. The van der Waals surface area contributed by atoms with Crippen molar-refractivity contribution in [2.75, 3.05) is 25.0 Å². The van der Waals surface area contributed by atoms with E-state index in [2.05, 4.69) is 39.6 Å². The van der Waals surface area contributed by atoms with E-state index in [1.807, 2.05) is 49.4 Å². The Labute approximate surface area is 170 Å². The first kappa shape index (κ1) is 19.8. The number of aryl methyl sites for hydroxylation is 1. The molecule has 2 aromatic carbocycles. The molecule has 2 N–H and O–H groups in total. The van der Waals surface area contributed by atoms with Gasteiger partial charge in [0.05, 0.1) is 0 Å². The van der Waals surface area contributed by atoms with Crippen LogP contribution in [0.3, 0.4) is 0 Å². The molecular weight excluding hydrogens is 370 g/mol. The van der Waals surface area contributed by atoms with Gasteiger partial charge in [-0.05, 0) is 37.7 Å². The second kappa shape index (κ2) is 9.32. The number of nitrogens with one attached hydrogen (secondary N) is 2. The van der Waals surface area contributed by atoms with Gasteiger partial charge in [0.25, 0.3) is 0 Å². The van der Waals surface area contributed by atoms with Gasteiger partial charge in [-0.25, -0.2) is 0 Å². The molecule has 0 aliphatic rings. The maximum Gasteiger partial charge on any atom is 0.240 e. The Morgan fingerprint density at radius 2 is 1.89 bits per heavy atom. The molecule has 0 aliphatic heterocycles. The van der Waals surface area contributed by atoms with Crippen molar-refractivity contribution in [1.29, 1.82) is 0 Å². The van der Waals surface area contributed by atoms with Gasteiger partial charge in [-0.15, -0.1) is 0 Å². The van der Waals surface area contributed by atoms with Crippen molar-refractivity contribution in [3.8, 4) is 11.4 Å². The highest BCUT2D eigenvalue weighted by Gasteiger charge is 2.12. The first-order valence-electron chi connectivity index (χ1n) is 9.30. The minimum atomic E-state index is -0.0757. The van der Waals surface area contributed by atoms with Crippen molar-refractivity contribution < 1.29 is 4.79 Å². The molecule has 0 saturated carbocycles. The molecule has 146 valence electrons.